The lowest BCUT2D eigenvalue weighted by molar-refractivity contribution is -0.122. The number of carbonyl (C=O) groups is 1. The summed E-state index contributed by atoms with van der Waals surface area (Å²) in [5.41, 5.74) is 6.53. The Hall–Kier alpha value is -2.39. The third-order valence-corrected chi connectivity index (χ3v) is 5.67. The van der Waals surface area contributed by atoms with Gasteiger partial charge in [0.25, 0.3) is 0 Å². The summed E-state index contributed by atoms with van der Waals surface area (Å²) >= 11 is 0. The molecule has 3 heterocycles. The van der Waals surface area contributed by atoms with Gasteiger partial charge >= 0.3 is 0 Å². The average Bonchev–Trinajstić information content (AvgIpc) is 3.31. The number of nitrogens with two attached hydrogens (primary N) is 1. The Morgan fingerprint density at radius 3 is 2.90 bits per heavy atom. The van der Waals surface area contributed by atoms with E-state index in [-0.39, 0.29) is 17.9 Å². The molecule has 0 bridgehead atoms. The third kappa shape index (κ3) is 7.36. The van der Waals surface area contributed by atoms with E-state index in [1.807, 2.05) is 12.3 Å². The molecule has 9 nitrogen and oxygen atoms in total. The number of piperidine rings is 1. The molecular formula is C22H36N6O3. The first kappa shape index (κ1) is 23.3. The van der Waals surface area contributed by atoms with Gasteiger partial charge in [0.05, 0.1) is 19.3 Å². The summed E-state index contributed by atoms with van der Waals surface area (Å²) < 4.78 is 11.1. The number of pyridine rings is 1. The number of carbonyl (C=O) groups excluding carboxylic acids is 1. The van der Waals surface area contributed by atoms with Crippen LogP contribution in [0.2, 0.25) is 0 Å². The molecule has 0 spiro atoms. The SMILES string of the molecule is CCNC(=NCc1cccnc1N1CCC(C(N)=O)CC1)NCCCOC1CCOC1. The molecule has 1 amide bonds. The number of nitrogens with zero attached hydrogens (tertiary/aromatic N) is 3. The van der Waals surface area contributed by atoms with Gasteiger partial charge in [-0.3, -0.25) is 4.79 Å². The molecule has 0 saturated carbocycles. The molecule has 0 aliphatic carbocycles. The predicted molar refractivity (Wildman–Crippen MR) is 121 cm³/mol. The monoisotopic (exact) mass is 432 g/mol. The van der Waals surface area contributed by atoms with E-state index in [1.54, 1.807) is 0 Å². The first-order valence-electron chi connectivity index (χ1n) is 11.4. The van der Waals surface area contributed by atoms with Gasteiger partial charge in [0.1, 0.15) is 5.82 Å². The molecule has 1 atom stereocenters. The predicted octanol–water partition coefficient (Wildman–Crippen LogP) is 1.03. The fourth-order valence-electron chi connectivity index (χ4n) is 3.89. The van der Waals surface area contributed by atoms with E-state index in [1.165, 1.54) is 0 Å². The van der Waals surface area contributed by atoms with Gasteiger partial charge in [-0.2, -0.15) is 0 Å². The lowest BCUT2D eigenvalue weighted by atomic mass is 9.96. The van der Waals surface area contributed by atoms with Crippen molar-refractivity contribution in [2.45, 2.75) is 45.3 Å². The van der Waals surface area contributed by atoms with Gasteiger partial charge in [0.15, 0.2) is 5.96 Å². The minimum absolute atomic E-state index is 0.0313. The zero-order chi connectivity index (χ0) is 21.9. The molecule has 9 heteroatoms. The fourth-order valence-corrected chi connectivity index (χ4v) is 3.89. The summed E-state index contributed by atoms with van der Waals surface area (Å²) in [4.78, 5) is 23.0. The Bertz CT molecular complexity index is 715. The zero-order valence-corrected chi connectivity index (χ0v) is 18.5. The smallest absolute Gasteiger partial charge is 0.220 e. The number of guanidine groups is 1. The van der Waals surface area contributed by atoms with Crippen molar-refractivity contribution in [3.63, 3.8) is 0 Å². The third-order valence-electron chi connectivity index (χ3n) is 5.67. The number of anilines is 1. The maximum Gasteiger partial charge on any atom is 0.220 e. The van der Waals surface area contributed by atoms with Gasteiger partial charge in [-0.1, -0.05) is 6.07 Å². The van der Waals surface area contributed by atoms with Crippen molar-refractivity contribution in [2.75, 3.05) is 50.9 Å². The van der Waals surface area contributed by atoms with Crippen LogP contribution in [0.5, 0.6) is 0 Å². The Morgan fingerprint density at radius 1 is 1.35 bits per heavy atom. The highest BCUT2D eigenvalue weighted by Crippen LogP contribution is 2.24. The Morgan fingerprint density at radius 2 is 2.19 bits per heavy atom. The number of primary amides is 1. The molecule has 2 fully saturated rings. The number of aliphatic imine (C=N–C) groups is 1. The first-order valence-corrected chi connectivity index (χ1v) is 11.4. The van der Waals surface area contributed by atoms with E-state index in [0.29, 0.717) is 19.8 Å². The maximum absolute atomic E-state index is 11.4. The van der Waals surface area contributed by atoms with Gasteiger partial charge in [-0.05, 0) is 38.7 Å². The molecule has 3 rings (SSSR count). The summed E-state index contributed by atoms with van der Waals surface area (Å²) in [6.45, 7) is 7.97. The van der Waals surface area contributed by atoms with Crippen LogP contribution in [0.15, 0.2) is 23.3 Å². The summed E-state index contributed by atoms with van der Waals surface area (Å²) in [6.07, 6.45) is 5.50. The molecule has 1 aromatic heterocycles. The van der Waals surface area contributed by atoms with Crippen LogP contribution in [0.4, 0.5) is 5.82 Å². The first-order chi connectivity index (χ1) is 15.2. The van der Waals surface area contributed by atoms with Gasteiger partial charge < -0.3 is 30.7 Å². The van der Waals surface area contributed by atoms with E-state index in [4.69, 9.17) is 20.2 Å². The number of hydrogen-bond donors (Lipinski definition) is 3. The molecule has 2 aliphatic rings. The van der Waals surface area contributed by atoms with Gasteiger partial charge in [-0.15, -0.1) is 0 Å². The second-order valence-corrected chi connectivity index (χ2v) is 7.98. The van der Waals surface area contributed by atoms with E-state index in [9.17, 15) is 4.79 Å². The molecule has 1 unspecified atom stereocenters. The fraction of sp³-hybridized carbons (Fsp3) is 0.682. The van der Waals surface area contributed by atoms with Crippen LogP contribution >= 0.6 is 0 Å². The number of hydrogen-bond acceptors (Lipinski definition) is 6. The lowest BCUT2D eigenvalue weighted by Crippen LogP contribution is -2.39. The van der Waals surface area contributed by atoms with Crippen molar-refractivity contribution in [3.8, 4) is 0 Å². The maximum atomic E-state index is 11.4. The lowest BCUT2D eigenvalue weighted by Gasteiger charge is -2.32. The summed E-state index contributed by atoms with van der Waals surface area (Å²) in [6, 6.07) is 4.00. The van der Waals surface area contributed by atoms with Crippen LogP contribution < -0.4 is 21.3 Å². The zero-order valence-electron chi connectivity index (χ0n) is 18.5. The standard InChI is InChI=1S/C22H36N6O3/c1-2-24-22(26-10-4-13-31-19-8-14-30-16-19)27-15-18-5-3-9-25-21(18)28-11-6-17(7-12-28)20(23)29/h3,5,9,17,19H,2,4,6-8,10-16H2,1H3,(H2,23,29)(H2,24,26,27). The minimum Gasteiger partial charge on any atom is -0.379 e. The van der Waals surface area contributed by atoms with Gasteiger partial charge in [0.2, 0.25) is 5.91 Å². The molecule has 31 heavy (non-hydrogen) atoms. The molecular weight excluding hydrogens is 396 g/mol. The van der Waals surface area contributed by atoms with Gasteiger partial charge in [-0.25, -0.2) is 9.98 Å². The van der Waals surface area contributed by atoms with Crippen LogP contribution in [-0.2, 0) is 20.8 Å². The summed E-state index contributed by atoms with van der Waals surface area (Å²) in [5, 5.41) is 6.67. The molecule has 0 aromatic carbocycles. The van der Waals surface area contributed by atoms with E-state index in [2.05, 4.69) is 33.5 Å². The number of nitrogens with one attached hydrogen (secondary N) is 2. The van der Waals surface area contributed by atoms with Crippen molar-refractivity contribution in [1.29, 1.82) is 0 Å². The van der Waals surface area contributed by atoms with Gasteiger partial charge in [0, 0.05) is 57.1 Å². The van der Waals surface area contributed by atoms with Crippen molar-refractivity contribution >= 4 is 17.7 Å². The highest BCUT2D eigenvalue weighted by Gasteiger charge is 2.24. The Labute approximate surface area is 184 Å². The molecule has 1 aromatic rings. The topological polar surface area (TPSA) is 114 Å². The number of ether oxygens (including phenoxy) is 2. The molecule has 0 radical (unpaired) electrons. The van der Waals surface area contributed by atoms with Crippen molar-refractivity contribution in [1.82, 2.24) is 15.6 Å². The largest absolute Gasteiger partial charge is 0.379 e. The highest BCUT2D eigenvalue weighted by atomic mass is 16.5. The van der Waals surface area contributed by atoms with E-state index in [0.717, 1.165) is 75.8 Å². The summed E-state index contributed by atoms with van der Waals surface area (Å²) in [7, 11) is 0. The molecule has 2 saturated heterocycles. The Kier molecular flexibility index (Phi) is 9.36. The van der Waals surface area contributed by atoms with Crippen molar-refractivity contribution in [2.24, 2.45) is 16.6 Å². The Balaban J connectivity index is 1.50. The van der Waals surface area contributed by atoms with Crippen LogP contribution in [0.25, 0.3) is 0 Å². The van der Waals surface area contributed by atoms with Crippen molar-refractivity contribution < 1.29 is 14.3 Å². The number of amides is 1. The second-order valence-electron chi connectivity index (χ2n) is 7.98. The van der Waals surface area contributed by atoms with E-state index < -0.39 is 0 Å². The molecule has 4 N–H and O–H groups in total. The minimum atomic E-state index is -0.200. The van der Waals surface area contributed by atoms with Crippen LogP contribution in [0, 0.1) is 5.92 Å². The van der Waals surface area contributed by atoms with Crippen LogP contribution in [-0.4, -0.2) is 69.0 Å². The van der Waals surface area contributed by atoms with E-state index >= 15 is 0 Å². The van der Waals surface area contributed by atoms with Crippen LogP contribution in [0.1, 0.15) is 38.2 Å². The van der Waals surface area contributed by atoms with Crippen LogP contribution in [0.3, 0.4) is 0 Å². The normalized spacial score (nSPS) is 20.1. The molecule has 172 valence electrons. The highest BCUT2D eigenvalue weighted by molar-refractivity contribution is 5.79. The second kappa shape index (κ2) is 12.5. The molecule has 2 aliphatic heterocycles. The number of aromatic nitrogens is 1. The average molecular weight is 433 g/mol. The summed E-state index contributed by atoms with van der Waals surface area (Å²) in [5.74, 6) is 1.50. The number of rotatable bonds is 10. The quantitative estimate of drug-likeness (QED) is 0.287. The van der Waals surface area contributed by atoms with Crippen molar-refractivity contribution in [3.05, 3.63) is 23.9 Å².